The number of nitrogens with one attached hydrogen (secondary N) is 1. The molecular formula is C35H39N7O5. The lowest BCUT2D eigenvalue weighted by atomic mass is 9.94. The molecule has 5 heterocycles. The summed E-state index contributed by atoms with van der Waals surface area (Å²) in [5.74, 6) is -1.44. The molecule has 0 aliphatic carbocycles. The maximum atomic E-state index is 13.7. The van der Waals surface area contributed by atoms with Gasteiger partial charge in [0.25, 0.3) is 17.7 Å². The van der Waals surface area contributed by atoms with Crippen LogP contribution in [0.4, 0.5) is 5.69 Å². The van der Waals surface area contributed by atoms with Crippen molar-refractivity contribution >= 4 is 35.2 Å². The average molecular weight is 638 g/mol. The minimum absolute atomic E-state index is 0.0296. The van der Waals surface area contributed by atoms with E-state index in [0.717, 1.165) is 73.1 Å². The van der Waals surface area contributed by atoms with E-state index in [1.807, 2.05) is 55.3 Å². The molecule has 4 aliphatic heterocycles. The minimum Gasteiger partial charge on any atom is -0.371 e. The first-order valence-electron chi connectivity index (χ1n) is 16.4. The second kappa shape index (κ2) is 12.4. The van der Waals surface area contributed by atoms with Crippen molar-refractivity contribution in [2.24, 2.45) is 13.0 Å². The van der Waals surface area contributed by atoms with Crippen molar-refractivity contribution in [3.05, 3.63) is 70.9 Å². The van der Waals surface area contributed by atoms with Crippen LogP contribution in [0.3, 0.4) is 0 Å². The number of nitrogens with zero attached hydrogens (tertiary/aromatic N) is 6. The van der Waals surface area contributed by atoms with E-state index in [2.05, 4.69) is 20.2 Å². The third-order valence-corrected chi connectivity index (χ3v) is 10.2. The number of carbonyl (C=O) groups is 5. The number of aryl methyl sites for hydroxylation is 1. The van der Waals surface area contributed by atoms with E-state index in [9.17, 15) is 24.0 Å². The molecule has 5 amide bonds. The van der Waals surface area contributed by atoms with E-state index >= 15 is 0 Å². The monoisotopic (exact) mass is 637 g/mol. The van der Waals surface area contributed by atoms with Crippen LogP contribution in [0.25, 0.3) is 11.3 Å². The third-order valence-electron chi connectivity index (χ3n) is 10.2. The zero-order chi connectivity index (χ0) is 32.8. The molecule has 0 spiro atoms. The summed E-state index contributed by atoms with van der Waals surface area (Å²) in [5.41, 5.74) is 4.58. The fourth-order valence-corrected chi connectivity index (χ4v) is 7.44. The van der Waals surface area contributed by atoms with Gasteiger partial charge in [0.2, 0.25) is 11.8 Å². The average Bonchev–Trinajstić information content (AvgIpc) is 3.52. The van der Waals surface area contributed by atoms with Gasteiger partial charge in [-0.05, 0) is 44.2 Å². The van der Waals surface area contributed by atoms with Crippen molar-refractivity contribution in [2.45, 2.75) is 38.6 Å². The first-order chi connectivity index (χ1) is 22.7. The summed E-state index contributed by atoms with van der Waals surface area (Å²) in [6, 6.07) is 14.2. The van der Waals surface area contributed by atoms with E-state index in [0.29, 0.717) is 35.7 Å². The molecule has 1 atom stereocenters. The highest BCUT2D eigenvalue weighted by molar-refractivity contribution is 6.25. The van der Waals surface area contributed by atoms with Crippen LogP contribution in [0.1, 0.15) is 62.5 Å². The molecule has 12 nitrogen and oxygen atoms in total. The molecule has 2 aromatic carbocycles. The van der Waals surface area contributed by atoms with Crippen LogP contribution in [0.15, 0.2) is 48.5 Å². The number of piperidine rings is 2. The minimum atomic E-state index is -0.978. The Bertz CT molecular complexity index is 1750. The fraction of sp³-hybridized carbons (Fsp3) is 0.429. The van der Waals surface area contributed by atoms with Gasteiger partial charge in [0.05, 0.1) is 22.4 Å². The Morgan fingerprint density at radius 1 is 0.872 bits per heavy atom. The number of imide groups is 2. The Kier molecular flexibility index (Phi) is 8.13. The molecule has 3 aromatic rings. The Hall–Kier alpha value is -4.84. The van der Waals surface area contributed by atoms with Crippen LogP contribution < -0.4 is 10.2 Å². The summed E-state index contributed by atoms with van der Waals surface area (Å²) in [5, 5.41) is 6.92. The third kappa shape index (κ3) is 5.60. The summed E-state index contributed by atoms with van der Waals surface area (Å²) < 4.78 is 1.78. The maximum Gasteiger partial charge on any atom is 0.264 e. The predicted molar refractivity (Wildman–Crippen MR) is 174 cm³/mol. The van der Waals surface area contributed by atoms with Crippen LogP contribution in [0.5, 0.6) is 0 Å². The van der Waals surface area contributed by atoms with Gasteiger partial charge in [-0.15, -0.1) is 0 Å². The van der Waals surface area contributed by atoms with Crippen molar-refractivity contribution in [1.82, 2.24) is 29.8 Å². The zero-order valence-corrected chi connectivity index (χ0v) is 26.8. The van der Waals surface area contributed by atoms with Crippen LogP contribution in [-0.4, -0.2) is 106 Å². The molecule has 4 aliphatic rings. The van der Waals surface area contributed by atoms with Gasteiger partial charge in [-0.25, -0.2) is 0 Å². The van der Waals surface area contributed by atoms with Crippen LogP contribution in [0, 0.1) is 12.8 Å². The standard InChI is InChI=1S/C35H39N7O5/c1-22-29(31(37-38(22)2)24-7-4-3-5-8-24)34(46)41-19-17-39(18-20-41)21-23-13-15-40(16-14-23)26-10-6-9-25-30(26)35(47)42(33(25)45)27-11-12-28(43)36-32(27)44/h3-10,23,27H,11-21H2,1-2H3,(H,36,43,44). The Morgan fingerprint density at radius 3 is 2.30 bits per heavy atom. The highest BCUT2D eigenvalue weighted by Gasteiger charge is 2.46. The molecule has 0 bridgehead atoms. The molecule has 47 heavy (non-hydrogen) atoms. The van der Waals surface area contributed by atoms with Crippen molar-refractivity contribution in [2.75, 3.05) is 50.7 Å². The van der Waals surface area contributed by atoms with Gasteiger partial charge in [0.1, 0.15) is 11.7 Å². The summed E-state index contributed by atoms with van der Waals surface area (Å²) in [4.78, 5) is 72.3. The molecule has 0 radical (unpaired) electrons. The second-order valence-electron chi connectivity index (χ2n) is 13.0. The van der Waals surface area contributed by atoms with Gasteiger partial charge in [-0.3, -0.25) is 43.8 Å². The Morgan fingerprint density at radius 2 is 1.60 bits per heavy atom. The maximum absolute atomic E-state index is 13.7. The van der Waals surface area contributed by atoms with E-state index in [1.165, 1.54) is 0 Å². The number of aromatic nitrogens is 2. The summed E-state index contributed by atoms with van der Waals surface area (Å²) in [6.45, 7) is 7.35. The van der Waals surface area contributed by atoms with Crippen molar-refractivity contribution in [1.29, 1.82) is 0 Å². The molecule has 244 valence electrons. The number of hydrogen-bond acceptors (Lipinski definition) is 8. The number of piperazine rings is 1. The molecule has 12 heteroatoms. The number of carbonyl (C=O) groups excluding carboxylic acids is 5. The van der Waals surface area contributed by atoms with Gasteiger partial charge >= 0.3 is 0 Å². The molecule has 3 fully saturated rings. The smallest absolute Gasteiger partial charge is 0.264 e. The number of amides is 5. The molecular weight excluding hydrogens is 598 g/mol. The molecule has 1 aromatic heterocycles. The first-order valence-corrected chi connectivity index (χ1v) is 16.4. The van der Waals surface area contributed by atoms with Gasteiger partial charge in [-0.2, -0.15) is 5.10 Å². The van der Waals surface area contributed by atoms with Crippen molar-refractivity contribution in [3.63, 3.8) is 0 Å². The topological polar surface area (TPSA) is 128 Å². The molecule has 1 N–H and O–H groups in total. The Labute approximate surface area is 273 Å². The number of anilines is 1. The van der Waals surface area contributed by atoms with Crippen molar-refractivity contribution in [3.8, 4) is 11.3 Å². The van der Waals surface area contributed by atoms with E-state index in [-0.39, 0.29) is 24.7 Å². The number of rotatable bonds is 6. The van der Waals surface area contributed by atoms with Crippen LogP contribution in [-0.2, 0) is 16.6 Å². The van der Waals surface area contributed by atoms with Gasteiger partial charge < -0.3 is 9.80 Å². The van der Waals surface area contributed by atoms with E-state index in [1.54, 1.807) is 16.8 Å². The van der Waals surface area contributed by atoms with Crippen LogP contribution in [0.2, 0.25) is 0 Å². The molecule has 0 saturated carbocycles. The van der Waals surface area contributed by atoms with Gasteiger partial charge in [-0.1, -0.05) is 36.4 Å². The lowest BCUT2D eigenvalue weighted by Gasteiger charge is -2.39. The number of hydrogen-bond donors (Lipinski definition) is 1. The van der Waals surface area contributed by atoms with Gasteiger partial charge in [0.15, 0.2) is 0 Å². The highest BCUT2D eigenvalue weighted by atomic mass is 16.2. The summed E-state index contributed by atoms with van der Waals surface area (Å²) in [6.07, 6.45) is 2.11. The highest BCUT2D eigenvalue weighted by Crippen LogP contribution is 2.36. The molecule has 3 saturated heterocycles. The quantitative estimate of drug-likeness (QED) is 0.409. The molecule has 7 rings (SSSR count). The zero-order valence-electron chi connectivity index (χ0n) is 26.8. The second-order valence-corrected chi connectivity index (χ2v) is 13.0. The number of benzene rings is 2. The largest absolute Gasteiger partial charge is 0.371 e. The summed E-state index contributed by atoms with van der Waals surface area (Å²) >= 11 is 0. The van der Waals surface area contributed by atoms with E-state index < -0.39 is 23.8 Å². The van der Waals surface area contributed by atoms with Crippen LogP contribution >= 0.6 is 0 Å². The van der Waals surface area contributed by atoms with E-state index in [4.69, 9.17) is 0 Å². The molecule has 1 unspecified atom stereocenters. The lowest BCUT2D eigenvalue weighted by molar-refractivity contribution is -0.136. The fourth-order valence-electron chi connectivity index (χ4n) is 7.44. The summed E-state index contributed by atoms with van der Waals surface area (Å²) in [7, 11) is 1.88. The SMILES string of the molecule is Cc1c(C(=O)N2CCN(CC3CCN(c4cccc5c4C(=O)N(C4CCC(=O)NC4=O)C5=O)CC3)CC2)c(-c2ccccc2)nn1C. The first kappa shape index (κ1) is 30.8. The normalized spacial score (nSPS) is 21.0. The van der Waals surface area contributed by atoms with Crippen molar-refractivity contribution < 1.29 is 24.0 Å². The lowest BCUT2D eigenvalue weighted by Crippen LogP contribution is -2.54. The Balaban J connectivity index is 0.952. The van der Waals surface area contributed by atoms with Gasteiger partial charge in [0, 0.05) is 70.5 Å². The number of fused-ring (bicyclic) bond motifs is 1. The predicted octanol–water partition coefficient (Wildman–Crippen LogP) is 2.47.